The van der Waals surface area contributed by atoms with Gasteiger partial charge in [0.05, 0.1) is 12.5 Å². The van der Waals surface area contributed by atoms with E-state index >= 15 is 0 Å². The highest BCUT2D eigenvalue weighted by atomic mass is 19.1. The smallest absolute Gasteiger partial charge is 0.238 e. The fourth-order valence-corrected chi connectivity index (χ4v) is 2.13. The third-order valence-corrected chi connectivity index (χ3v) is 3.19. The molecule has 0 atom stereocenters. The van der Waals surface area contributed by atoms with Crippen LogP contribution in [-0.2, 0) is 22.6 Å². The van der Waals surface area contributed by atoms with Crippen LogP contribution in [0.5, 0.6) is 0 Å². The number of nitriles is 1. The van der Waals surface area contributed by atoms with E-state index in [1.54, 1.807) is 36.4 Å². The van der Waals surface area contributed by atoms with Crippen molar-refractivity contribution in [2.75, 3.05) is 5.32 Å². The SMILES string of the molecule is N#CCC(=O)Nc1cccc(CNC(=O)Cc2cccc(F)c2)c1. The molecule has 122 valence electrons. The van der Waals surface area contributed by atoms with Crippen molar-refractivity contribution in [2.24, 2.45) is 0 Å². The van der Waals surface area contributed by atoms with E-state index in [4.69, 9.17) is 5.26 Å². The van der Waals surface area contributed by atoms with E-state index in [-0.39, 0.29) is 37.0 Å². The van der Waals surface area contributed by atoms with E-state index < -0.39 is 0 Å². The largest absolute Gasteiger partial charge is 0.352 e. The quantitative estimate of drug-likeness (QED) is 0.856. The number of halogens is 1. The predicted octanol–water partition coefficient (Wildman–Crippen LogP) is 2.54. The molecule has 5 nitrogen and oxygen atoms in total. The van der Waals surface area contributed by atoms with Gasteiger partial charge >= 0.3 is 0 Å². The molecule has 0 saturated carbocycles. The molecule has 0 aliphatic carbocycles. The van der Waals surface area contributed by atoms with Crippen molar-refractivity contribution in [3.05, 3.63) is 65.5 Å². The van der Waals surface area contributed by atoms with Gasteiger partial charge in [0.15, 0.2) is 0 Å². The lowest BCUT2D eigenvalue weighted by Crippen LogP contribution is -2.24. The van der Waals surface area contributed by atoms with Crippen LogP contribution in [0.1, 0.15) is 17.5 Å². The van der Waals surface area contributed by atoms with E-state index in [9.17, 15) is 14.0 Å². The minimum Gasteiger partial charge on any atom is -0.352 e. The van der Waals surface area contributed by atoms with Crippen LogP contribution in [0.25, 0.3) is 0 Å². The third kappa shape index (κ3) is 5.54. The molecule has 0 aliphatic heterocycles. The number of hydrogen-bond donors (Lipinski definition) is 2. The summed E-state index contributed by atoms with van der Waals surface area (Å²) in [6.45, 7) is 0.288. The van der Waals surface area contributed by atoms with Crippen LogP contribution in [0.4, 0.5) is 10.1 Å². The van der Waals surface area contributed by atoms with Gasteiger partial charge in [0.2, 0.25) is 11.8 Å². The molecule has 0 bridgehead atoms. The first-order chi connectivity index (χ1) is 11.6. The summed E-state index contributed by atoms with van der Waals surface area (Å²) in [5.74, 6) is -0.981. The number of amides is 2. The zero-order chi connectivity index (χ0) is 17.4. The molecule has 0 radical (unpaired) electrons. The maximum Gasteiger partial charge on any atom is 0.238 e. The van der Waals surface area contributed by atoms with Crippen molar-refractivity contribution in [1.82, 2.24) is 5.32 Å². The van der Waals surface area contributed by atoms with Crippen LogP contribution in [0.15, 0.2) is 48.5 Å². The second kappa shape index (κ2) is 8.44. The minimum absolute atomic E-state index is 0.0936. The first-order valence-electron chi connectivity index (χ1n) is 7.33. The van der Waals surface area contributed by atoms with Crippen LogP contribution in [0, 0.1) is 17.1 Å². The zero-order valence-electron chi connectivity index (χ0n) is 12.9. The molecule has 0 unspecified atom stereocenters. The molecule has 24 heavy (non-hydrogen) atoms. The number of nitrogens with zero attached hydrogens (tertiary/aromatic N) is 1. The summed E-state index contributed by atoms with van der Waals surface area (Å²) in [5.41, 5.74) is 1.97. The fourth-order valence-electron chi connectivity index (χ4n) is 2.13. The van der Waals surface area contributed by atoms with Crippen LogP contribution in [-0.4, -0.2) is 11.8 Å². The van der Waals surface area contributed by atoms with Crippen molar-refractivity contribution in [3.8, 4) is 6.07 Å². The second-order valence-corrected chi connectivity index (χ2v) is 5.17. The lowest BCUT2D eigenvalue weighted by molar-refractivity contribution is -0.120. The Morgan fingerprint density at radius 1 is 1.04 bits per heavy atom. The van der Waals surface area contributed by atoms with Crippen LogP contribution >= 0.6 is 0 Å². The summed E-state index contributed by atoms with van der Waals surface area (Å²) < 4.78 is 13.1. The Morgan fingerprint density at radius 2 is 1.79 bits per heavy atom. The van der Waals surface area contributed by atoms with E-state index in [2.05, 4.69) is 10.6 Å². The Morgan fingerprint density at radius 3 is 2.54 bits per heavy atom. The van der Waals surface area contributed by atoms with Crippen LogP contribution in [0.3, 0.4) is 0 Å². The van der Waals surface area contributed by atoms with E-state index in [0.717, 1.165) is 5.56 Å². The fraction of sp³-hybridized carbons (Fsp3) is 0.167. The summed E-state index contributed by atoms with van der Waals surface area (Å²) in [7, 11) is 0. The van der Waals surface area contributed by atoms with E-state index in [1.807, 2.05) is 6.07 Å². The Kier molecular flexibility index (Phi) is 6.03. The molecule has 0 spiro atoms. The van der Waals surface area contributed by atoms with E-state index in [0.29, 0.717) is 11.3 Å². The van der Waals surface area contributed by atoms with Gasteiger partial charge in [0, 0.05) is 12.2 Å². The standard InChI is InChI=1S/C18H16FN3O2/c19-15-5-1-3-13(9-15)11-18(24)21-12-14-4-2-6-16(10-14)22-17(23)7-8-20/h1-6,9-10H,7,11-12H2,(H,21,24)(H,22,23). The first kappa shape index (κ1) is 17.2. The number of carbonyl (C=O) groups excluding carboxylic acids is 2. The monoisotopic (exact) mass is 325 g/mol. The highest BCUT2D eigenvalue weighted by molar-refractivity contribution is 5.92. The summed E-state index contributed by atoms with van der Waals surface area (Å²) in [6, 6.07) is 14.7. The maximum absolute atomic E-state index is 13.1. The molecule has 2 aromatic rings. The van der Waals surface area contributed by atoms with Crippen molar-refractivity contribution >= 4 is 17.5 Å². The van der Waals surface area contributed by atoms with Gasteiger partial charge in [0.1, 0.15) is 12.2 Å². The molecule has 6 heteroatoms. The zero-order valence-corrected chi connectivity index (χ0v) is 12.9. The molecule has 0 fully saturated rings. The van der Waals surface area contributed by atoms with Gasteiger partial charge in [-0.05, 0) is 35.4 Å². The van der Waals surface area contributed by atoms with Crippen molar-refractivity contribution < 1.29 is 14.0 Å². The number of carbonyl (C=O) groups is 2. The number of nitrogens with one attached hydrogen (secondary N) is 2. The third-order valence-electron chi connectivity index (χ3n) is 3.19. The van der Waals surface area contributed by atoms with Gasteiger partial charge in [-0.1, -0.05) is 24.3 Å². The number of rotatable bonds is 6. The Bertz CT molecular complexity index is 784. The molecule has 0 saturated heterocycles. The molecule has 0 heterocycles. The average Bonchev–Trinajstić information content (AvgIpc) is 2.53. The van der Waals surface area contributed by atoms with Gasteiger partial charge in [-0.25, -0.2) is 4.39 Å². The molecular formula is C18H16FN3O2. The number of hydrogen-bond acceptors (Lipinski definition) is 3. The first-order valence-corrected chi connectivity index (χ1v) is 7.33. The second-order valence-electron chi connectivity index (χ2n) is 5.17. The molecule has 0 aliphatic rings. The highest BCUT2D eigenvalue weighted by Gasteiger charge is 2.06. The van der Waals surface area contributed by atoms with Gasteiger partial charge < -0.3 is 10.6 Å². The lowest BCUT2D eigenvalue weighted by atomic mass is 10.1. The van der Waals surface area contributed by atoms with Crippen molar-refractivity contribution in [2.45, 2.75) is 19.4 Å². The average molecular weight is 325 g/mol. The molecule has 2 aromatic carbocycles. The normalized spacial score (nSPS) is 9.83. The molecule has 0 aromatic heterocycles. The lowest BCUT2D eigenvalue weighted by Gasteiger charge is -2.08. The summed E-state index contributed by atoms with van der Waals surface area (Å²) in [4.78, 5) is 23.3. The molecule has 2 N–H and O–H groups in total. The topological polar surface area (TPSA) is 82.0 Å². The minimum atomic E-state index is -0.384. The Balaban J connectivity index is 1.88. The van der Waals surface area contributed by atoms with Gasteiger partial charge in [0.25, 0.3) is 0 Å². The van der Waals surface area contributed by atoms with Crippen molar-refractivity contribution in [3.63, 3.8) is 0 Å². The van der Waals surface area contributed by atoms with Gasteiger partial charge in [-0.2, -0.15) is 5.26 Å². The van der Waals surface area contributed by atoms with E-state index in [1.165, 1.54) is 12.1 Å². The maximum atomic E-state index is 13.1. The summed E-state index contributed by atoms with van der Waals surface area (Å²) in [6.07, 6.45) is -0.120. The van der Waals surface area contributed by atoms with Gasteiger partial charge in [-0.3, -0.25) is 9.59 Å². The van der Waals surface area contributed by atoms with Crippen molar-refractivity contribution in [1.29, 1.82) is 5.26 Å². The Labute approximate surface area is 139 Å². The summed E-state index contributed by atoms with van der Waals surface area (Å²) >= 11 is 0. The number of benzene rings is 2. The predicted molar refractivity (Wildman–Crippen MR) is 87.3 cm³/mol. The Hall–Kier alpha value is -3.20. The van der Waals surface area contributed by atoms with Crippen LogP contribution < -0.4 is 10.6 Å². The van der Waals surface area contributed by atoms with Crippen LogP contribution in [0.2, 0.25) is 0 Å². The highest BCUT2D eigenvalue weighted by Crippen LogP contribution is 2.11. The molecular weight excluding hydrogens is 309 g/mol. The van der Waals surface area contributed by atoms with Gasteiger partial charge in [-0.15, -0.1) is 0 Å². The number of anilines is 1. The molecule has 2 rings (SSSR count). The summed E-state index contributed by atoms with van der Waals surface area (Å²) in [5, 5.41) is 13.8. The molecule has 2 amide bonds.